The van der Waals surface area contributed by atoms with Gasteiger partial charge in [-0.15, -0.1) is 5.10 Å². The van der Waals surface area contributed by atoms with Crippen molar-refractivity contribution in [2.45, 2.75) is 0 Å². The molecule has 0 spiro atoms. The van der Waals surface area contributed by atoms with Crippen molar-refractivity contribution < 1.29 is 7.59 Å². The number of nitrogens with zero attached hydrogens (tertiary/aromatic N) is 4. The molecule has 0 fully saturated rings. The van der Waals surface area contributed by atoms with Crippen LogP contribution in [0.15, 0.2) is 55.0 Å². The van der Waals surface area contributed by atoms with Crippen molar-refractivity contribution in [3.63, 3.8) is 0 Å². The van der Waals surface area contributed by atoms with Crippen LogP contribution < -0.4 is 10.1 Å². The van der Waals surface area contributed by atoms with Gasteiger partial charge in [0.15, 0.2) is 5.65 Å². The molecular formula is C16H18N6O. The highest BCUT2D eigenvalue weighted by Crippen LogP contribution is 2.24. The zero-order valence-electron chi connectivity index (χ0n) is 12.4. The second-order valence-electron chi connectivity index (χ2n) is 4.97. The first-order valence-electron chi connectivity index (χ1n) is 7.09. The van der Waals surface area contributed by atoms with Gasteiger partial charge in [-0.25, -0.2) is 4.52 Å². The van der Waals surface area contributed by atoms with Crippen molar-refractivity contribution in [2.24, 2.45) is 0 Å². The molecule has 7 heteroatoms. The molecule has 3 heterocycles. The molecule has 1 aromatic carbocycles. The topological polar surface area (TPSA) is 80.1 Å². The van der Waals surface area contributed by atoms with Crippen molar-refractivity contribution in [1.82, 2.24) is 24.8 Å². The largest absolute Gasteiger partial charge is 0.497 e. The normalized spacial score (nSPS) is 10.8. The maximum Gasteiger partial charge on any atom is 0.247 e. The van der Waals surface area contributed by atoms with Crippen molar-refractivity contribution in [3.05, 3.63) is 55.0 Å². The van der Waals surface area contributed by atoms with Crippen LogP contribution in [-0.2, 0) is 0 Å². The van der Waals surface area contributed by atoms with Crippen LogP contribution in [0.2, 0.25) is 0 Å². The molecule has 0 aliphatic heterocycles. The molecule has 3 aromatic heterocycles. The van der Waals surface area contributed by atoms with Crippen molar-refractivity contribution in [1.29, 1.82) is 0 Å². The number of ether oxygens (including phenoxy) is 1. The van der Waals surface area contributed by atoms with Gasteiger partial charge >= 0.3 is 0 Å². The third kappa shape index (κ3) is 2.48. The smallest absolute Gasteiger partial charge is 0.247 e. The van der Waals surface area contributed by atoms with E-state index >= 15 is 0 Å². The number of nitrogens with one attached hydrogen (secondary N) is 2. The predicted molar refractivity (Wildman–Crippen MR) is 91.1 cm³/mol. The summed E-state index contributed by atoms with van der Waals surface area (Å²) in [5.74, 6) is 1.34. The molecule has 0 atom stereocenters. The SMILES string of the molecule is COc1ccc(Nc2nc3c(-c4cn[nH]c4)cccn3n2)cc1.[HH].[HH]. The Balaban J connectivity index is 0.00000113. The van der Waals surface area contributed by atoms with E-state index < -0.39 is 0 Å². The van der Waals surface area contributed by atoms with E-state index in [9.17, 15) is 0 Å². The number of pyridine rings is 1. The molecule has 0 aliphatic rings. The number of benzene rings is 1. The molecule has 0 saturated heterocycles. The first-order valence-corrected chi connectivity index (χ1v) is 7.09. The second-order valence-corrected chi connectivity index (χ2v) is 4.97. The molecule has 0 aliphatic carbocycles. The molecule has 4 rings (SSSR count). The Labute approximate surface area is 134 Å². The maximum atomic E-state index is 5.15. The highest BCUT2D eigenvalue weighted by molar-refractivity contribution is 5.77. The summed E-state index contributed by atoms with van der Waals surface area (Å²) in [5.41, 5.74) is 3.60. The van der Waals surface area contributed by atoms with E-state index in [-0.39, 0.29) is 2.85 Å². The lowest BCUT2D eigenvalue weighted by atomic mass is 10.1. The Kier molecular flexibility index (Phi) is 3.16. The van der Waals surface area contributed by atoms with Crippen molar-refractivity contribution >= 4 is 17.3 Å². The van der Waals surface area contributed by atoms with E-state index in [1.54, 1.807) is 17.8 Å². The van der Waals surface area contributed by atoms with Crippen LogP contribution in [0.1, 0.15) is 2.85 Å². The number of H-pyrrole nitrogens is 1. The van der Waals surface area contributed by atoms with E-state index in [2.05, 4.69) is 25.6 Å². The van der Waals surface area contributed by atoms with Crippen LogP contribution in [0.5, 0.6) is 5.75 Å². The lowest BCUT2D eigenvalue weighted by molar-refractivity contribution is 0.415. The van der Waals surface area contributed by atoms with Crippen LogP contribution >= 0.6 is 0 Å². The van der Waals surface area contributed by atoms with Gasteiger partial charge in [0, 0.05) is 32.1 Å². The van der Waals surface area contributed by atoms with Gasteiger partial charge in [0.1, 0.15) is 5.75 Å². The zero-order chi connectivity index (χ0) is 15.6. The van der Waals surface area contributed by atoms with Gasteiger partial charge in [-0.2, -0.15) is 10.1 Å². The van der Waals surface area contributed by atoms with Gasteiger partial charge in [-0.1, -0.05) is 0 Å². The molecule has 0 radical (unpaired) electrons. The number of fused-ring (bicyclic) bond motifs is 1. The molecule has 118 valence electrons. The minimum Gasteiger partial charge on any atom is -0.497 e. The lowest BCUT2D eigenvalue weighted by Crippen LogP contribution is -1.93. The van der Waals surface area contributed by atoms with E-state index in [0.29, 0.717) is 5.95 Å². The van der Waals surface area contributed by atoms with Gasteiger partial charge < -0.3 is 10.1 Å². The molecule has 4 aromatic rings. The molecule has 23 heavy (non-hydrogen) atoms. The summed E-state index contributed by atoms with van der Waals surface area (Å²) in [6.07, 6.45) is 5.46. The van der Waals surface area contributed by atoms with E-state index in [4.69, 9.17) is 4.74 Å². The third-order valence-electron chi connectivity index (χ3n) is 3.52. The van der Waals surface area contributed by atoms with Gasteiger partial charge in [0.2, 0.25) is 5.95 Å². The number of aromatic nitrogens is 5. The van der Waals surface area contributed by atoms with Gasteiger partial charge in [0.05, 0.1) is 13.3 Å². The Morgan fingerprint density at radius 1 is 1.22 bits per heavy atom. The molecule has 0 saturated carbocycles. The summed E-state index contributed by atoms with van der Waals surface area (Å²) in [5, 5.41) is 14.5. The van der Waals surface area contributed by atoms with Crippen LogP contribution in [0.25, 0.3) is 16.8 Å². The molecule has 0 bridgehead atoms. The van der Waals surface area contributed by atoms with Crippen LogP contribution in [0.3, 0.4) is 0 Å². The van der Waals surface area contributed by atoms with Crippen molar-refractivity contribution in [3.8, 4) is 16.9 Å². The first-order chi connectivity index (χ1) is 11.3. The standard InChI is InChI=1S/C16H14N6O.2H2/c1-23-13-6-4-12(5-7-13)19-16-20-15-14(11-9-17-18-10-11)3-2-8-22(15)21-16;;/h2-10H,1H3,(H,17,18)(H,19,21);2*1H. The summed E-state index contributed by atoms with van der Waals surface area (Å²) in [7, 11) is 1.64. The zero-order valence-corrected chi connectivity index (χ0v) is 12.4. The fourth-order valence-electron chi connectivity index (χ4n) is 2.39. The Hall–Kier alpha value is -3.35. The van der Waals surface area contributed by atoms with E-state index in [1.165, 1.54) is 0 Å². The van der Waals surface area contributed by atoms with Crippen LogP contribution in [0, 0.1) is 0 Å². The summed E-state index contributed by atoms with van der Waals surface area (Å²) in [4.78, 5) is 4.57. The monoisotopic (exact) mass is 310 g/mol. The van der Waals surface area contributed by atoms with E-state index in [1.807, 2.05) is 48.8 Å². The fraction of sp³-hybridized carbons (Fsp3) is 0.0625. The van der Waals surface area contributed by atoms with E-state index in [0.717, 1.165) is 28.2 Å². The minimum atomic E-state index is 0. The minimum absolute atomic E-state index is 0. The van der Waals surface area contributed by atoms with Crippen molar-refractivity contribution in [2.75, 3.05) is 12.4 Å². The highest BCUT2D eigenvalue weighted by Gasteiger charge is 2.10. The molecule has 2 N–H and O–H groups in total. The first kappa shape index (κ1) is 13.3. The van der Waals surface area contributed by atoms with Gasteiger partial charge in [-0.05, 0) is 36.4 Å². The maximum absolute atomic E-state index is 5.15. The number of anilines is 2. The molecule has 7 nitrogen and oxygen atoms in total. The summed E-state index contributed by atoms with van der Waals surface area (Å²) in [6.45, 7) is 0. The van der Waals surface area contributed by atoms with Gasteiger partial charge in [-0.3, -0.25) is 5.10 Å². The quantitative estimate of drug-likeness (QED) is 0.604. The average Bonchev–Trinajstić information content (AvgIpc) is 3.24. The molecular weight excluding hydrogens is 292 g/mol. The number of aromatic amines is 1. The number of hydrogen-bond donors (Lipinski definition) is 2. The second kappa shape index (κ2) is 5.45. The molecule has 0 amide bonds. The van der Waals surface area contributed by atoms with Crippen LogP contribution in [-0.4, -0.2) is 31.9 Å². The summed E-state index contributed by atoms with van der Waals surface area (Å²) < 4.78 is 6.90. The summed E-state index contributed by atoms with van der Waals surface area (Å²) in [6, 6.07) is 11.5. The number of methoxy groups -OCH3 is 1. The Bertz CT molecular complexity index is 937. The average molecular weight is 310 g/mol. The Morgan fingerprint density at radius 3 is 2.83 bits per heavy atom. The highest BCUT2D eigenvalue weighted by atomic mass is 16.5. The number of hydrogen-bond acceptors (Lipinski definition) is 5. The fourth-order valence-corrected chi connectivity index (χ4v) is 2.39. The summed E-state index contributed by atoms with van der Waals surface area (Å²) >= 11 is 0. The van der Waals surface area contributed by atoms with Crippen LogP contribution in [0.4, 0.5) is 11.6 Å². The third-order valence-corrected chi connectivity index (χ3v) is 3.52. The number of rotatable bonds is 4. The lowest BCUT2D eigenvalue weighted by Gasteiger charge is -2.03. The molecule has 0 unspecified atom stereocenters. The predicted octanol–water partition coefficient (Wildman–Crippen LogP) is 3.36. The van der Waals surface area contributed by atoms with Gasteiger partial charge in [0.25, 0.3) is 0 Å². The Morgan fingerprint density at radius 2 is 2.09 bits per heavy atom.